The van der Waals surface area contributed by atoms with Crippen molar-refractivity contribution < 1.29 is 4.79 Å². The second-order valence-corrected chi connectivity index (χ2v) is 6.51. The van der Waals surface area contributed by atoms with Gasteiger partial charge in [0.05, 0.1) is 11.3 Å². The van der Waals surface area contributed by atoms with Crippen molar-refractivity contribution in [2.75, 3.05) is 25.0 Å². The first-order valence-electron chi connectivity index (χ1n) is 7.22. The first-order valence-corrected chi connectivity index (χ1v) is 7.22. The van der Waals surface area contributed by atoms with E-state index in [4.69, 9.17) is 0 Å². The van der Waals surface area contributed by atoms with E-state index in [1.54, 1.807) is 0 Å². The van der Waals surface area contributed by atoms with Crippen LogP contribution in [0.5, 0.6) is 0 Å². The van der Waals surface area contributed by atoms with E-state index in [0.29, 0.717) is 0 Å². The summed E-state index contributed by atoms with van der Waals surface area (Å²) in [7, 11) is 0. The molecule has 1 aromatic carbocycles. The van der Waals surface area contributed by atoms with Gasteiger partial charge in [-0.2, -0.15) is 0 Å². The largest absolute Gasteiger partial charge is 0.384 e. The third-order valence-corrected chi connectivity index (χ3v) is 4.27. The van der Waals surface area contributed by atoms with Crippen molar-refractivity contribution in [1.82, 2.24) is 4.90 Å². The lowest BCUT2D eigenvalue weighted by molar-refractivity contribution is 0.0779. The number of amides is 1. The van der Waals surface area contributed by atoms with Crippen molar-refractivity contribution in [2.45, 2.75) is 33.1 Å². The summed E-state index contributed by atoms with van der Waals surface area (Å²) in [4.78, 5) is 14.7. The molecule has 102 valence electrons. The van der Waals surface area contributed by atoms with Gasteiger partial charge >= 0.3 is 0 Å². The summed E-state index contributed by atoms with van der Waals surface area (Å²) in [6.45, 7) is 7.20. The molecule has 0 atom stereocenters. The fourth-order valence-corrected chi connectivity index (χ4v) is 3.14. The predicted octanol–water partition coefficient (Wildman–Crippen LogP) is 2.92. The molecule has 1 saturated heterocycles. The lowest BCUT2D eigenvalue weighted by Crippen LogP contribution is -2.31. The number of fused-ring (bicyclic) bond motifs is 1. The van der Waals surface area contributed by atoms with Crippen LogP contribution in [-0.2, 0) is 6.42 Å². The number of nitrogens with one attached hydrogen (secondary N) is 1. The van der Waals surface area contributed by atoms with Crippen molar-refractivity contribution in [3.05, 3.63) is 29.3 Å². The molecule has 1 fully saturated rings. The number of likely N-dealkylation sites (tertiary alicyclic amines) is 1. The number of carbonyl (C=O) groups is 1. The van der Waals surface area contributed by atoms with E-state index in [1.807, 2.05) is 17.0 Å². The Kier molecular flexibility index (Phi) is 3.00. The number of para-hydroxylation sites is 1. The molecule has 2 heterocycles. The van der Waals surface area contributed by atoms with E-state index in [0.717, 1.165) is 50.1 Å². The number of rotatable bonds is 1. The van der Waals surface area contributed by atoms with Crippen LogP contribution < -0.4 is 5.32 Å². The van der Waals surface area contributed by atoms with Gasteiger partial charge < -0.3 is 10.2 Å². The SMILES string of the molecule is CC1(C)CCN(C(=O)c2cccc3c2NCCC3)C1. The van der Waals surface area contributed by atoms with Crippen LogP contribution in [0, 0.1) is 5.41 Å². The molecular weight excluding hydrogens is 236 g/mol. The van der Waals surface area contributed by atoms with E-state index in [2.05, 4.69) is 25.2 Å². The number of hydrogen-bond donors (Lipinski definition) is 1. The van der Waals surface area contributed by atoms with Gasteiger partial charge in [0, 0.05) is 19.6 Å². The highest BCUT2D eigenvalue weighted by Gasteiger charge is 2.33. The monoisotopic (exact) mass is 258 g/mol. The van der Waals surface area contributed by atoms with Crippen LogP contribution in [0.4, 0.5) is 5.69 Å². The number of benzene rings is 1. The van der Waals surface area contributed by atoms with Crippen molar-refractivity contribution in [2.24, 2.45) is 5.41 Å². The number of carbonyl (C=O) groups excluding carboxylic acids is 1. The highest BCUT2D eigenvalue weighted by molar-refractivity contribution is 6.00. The number of anilines is 1. The molecule has 1 amide bonds. The molecule has 2 aliphatic rings. The Bertz CT molecular complexity index is 507. The average molecular weight is 258 g/mol. The molecule has 0 bridgehead atoms. The first-order chi connectivity index (χ1) is 9.07. The van der Waals surface area contributed by atoms with Gasteiger partial charge in [-0.15, -0.1) is 0 Å². The quantitative estimate of drug-likeness (QED) is 0.840. The van der Waals surface area contributed by atoms with Crippen LogP contribution in [0.1, 0.15) is 42.6 Å². The van der Waals surface area contributed by atoms with E-state index in [-0.39, 0.29) is 11.3 Å². The normalized spacial score (nSPS) is 20.8. The van der Waals surface area contributed by atoms with Crippen LogP contribution in [-0.4, -0.2) is 30.4 Å². The van der Waals surface area contributed by atoms with Gasteiger partial charge in [0.15, 0.2) is 0 Å². The van der Waals surface area contributed by atoms with Gasteiger partial charge in [-0.3, -0.25) is 4.79 Å². The molecular formula is C16H22N2O. The van der Waals surface area contributed by atoms with E-state index >= 15 is 0 Å². The summed E-state index contributed by atoms with van der Waals surface area (Å²) in [5, 5.41) is 3.41. The lowest BCUT2D eigenvalue weighted by Gasteiger charge is -2.24. The second kappa shape index (κ2) is 4.55. The van der Waals surface area contributed by atoms with Crippen LogP contribution >= 0.6 is 0 Å². The number of nitrogens with zero attached hydrogens (tertiary/aromatic N) is 1. The molecule has 0 radical (unpaired) electrons. The smallest absolute Gasteiger partial charge is 0.255 e. The summed E-state index contributed by atoms with van der Waals surface area (Å²) in [5.74, 6) is 0.192. The van der Waals surface area contributed by atoms with Gasteiger partial charge in [-0.05, 0) is 36.3 Å². The zero-order chi connectivity index (χ0) is 13.5. The summed E-state index contributed by atoms with van der Waals surface area (Å²) >= 11 is 0. The van der Waals surface area contributed by atoms with Crippen LogP contribution in [0.25, 0.3) is 0 Å². The molecule has 0 saturated carbocycles. The van der Waals surface area contributed by atoms with Gasteiger partial charge in [0.1, 0.15) is 0 Å². The maximum absolute atomic E-state index is 12.7. The van der Waals surface area contributed by atoms with Crippen molar-refractivity contribution >= 4 is 11.6 Å². The van der Waals surface area contributed by atoms with Crippen molar-refractivity contribution in [1.29, 1.82) is 0 Å². The van der Waals surface area contributed by atoms with Crippen molar-refractivity contribution in [3.63, 3.8) is 0 Å². The summed E-state index contributed by atoms with van der Waals surface area (Å²) in [6, 6.07) is 6.11. The van der Waals surface area contributed by atoms with E-state index < -0.39 is 0 Å². The Morgan fingerprint density at radius 1 is 1.37 bits per heavy atom. The molecule has 3 nitrogen and oxygen atoms in total. The Hall–Kier alpha value is -1.51. The summed E-state index contributed by atoms with van der Waals surface area (Å²) in [6.07, 6.45) is 3.33. The van der Waals surface area contributed by atoms with Crippen LogP contribution in [0.3, 0.4) is 0 Å². The summed E-state index contributed by atoms with van der Waals surface area (Å²) < 4.78 is 0. The molecule has 3 heteroatoms. The molecule has 0 aliphatic carbocycles. The molecule has 0 unspecified atom stereocenters. The highest BCUT2D eigenvalue weighted by atomic mass is 16.2. The Labute approximate surface area is 115 Å². The van der Waals surface area contributed by atoms with Crippen LogP contribution in [0.2, 0.25) is 0 Å². The van der Waals surface area contributed by atoms with Crippen molar-refractivity contribution in [3.8, 4) is 0 Å². The zero-order valence-corrected chi connectivity index (χ0v) is 11.8. The molecule has 2 aliphatic heterocycles. The standard InChI is InChI=1S/C16H22N2O/c1-16(2)8-10-18(11-16)15(19)13-7-3-5-12-6-4-9-17-14(12)13/h3,5,7,17H,4,6,8-11H2,1-2H3. The van der Waals surface area contributed by atoms with Crippen LogP contribution in [0.15, 0.2) is 18.2 Å². The topological polar surface area (TPSA) is 32.3 Å². The zero-order valence-electron chi connectivity index (χ0n) is 11.8. The van der Waals surface area contributed by atoms with Gasteiger partial charge in [0.2, 0.25) is 0 Å². The summed E-state index contributed by atoms with van der Waals surface area (Å²) in [5.41, 5.74) is 3.48. The minimum atomic E-state index is 0.192. The minimum Gasteiger partial charge on any atom is -0.384 e. The lowest BCUT2D eigenvalue weighted by atomic mass is 9.93. The number of hydrogen-bond acceptors (Lipinski definition) is 2. The van der Waals surface area contributed by atoms with E-state index in [9.17, 15) is 4.79 Å². The minimum absolute atomic E-state index is 0.192. The predicted molar refractivity (Wildman–Crippen MR) is 77.6 cm³/mol. The molecule has 1 aromatic rings. The highest BCUT2D eigenvalue weighted by Crippen LogP contribution is 2.32. The van der Waals surface area contributed by atoms with E-state index in [1.165, 1.54) is 5.56 Å². The first kappa shape index (κ1) is 12.5. The Balaban J connectivity index is 1.88. The molecule has 3 rings (SSSR count). The average Bonchev–Trinajstić information content (AvgIpc) is 2.78. The third kappa shape index (κ3) is 2.34. The van der Waals surface area contributed by atoms with Gasteiger partial charge in [-0.1, -0.05) is 26.0 Å². The Morgan fingerprint density at radius 3 is 2.95 bits per heavy atom. The molecule has 1 N–H and O–H groups in total. The fraction of sp³-hybridized carbons (Fsp3) is 0.562. The second-order valence-electron chi connectivity index (χ2n) is 6.51. The number of aryl methyl sites for hydroxylation is 1. The van der Waals surface area contributed by atoms with Gasteiger partial charge in [-0.25, -0.2) is 0 Å². The Morgan fingerprint density at radius 2 is 2.21 bits per heavy atom. The fourth-order valence-electron chi connectivity index (χ4n) is 3.14. The van der Waals surface area contributed by atoms with Gasteiger partial charge in [0.25, 0.3) is 5.91 Å². The molecule has 0 aromatic heterocycles. The third-order valence-electron chi connectivity index (χ3n) is 4.27. The maximum atomic E-state index is 12.7. The maximum Gasteiger partial charge on any atom is 0.255 e. The molecule has 0 spiro atoms. The molecule has 19 heavy (non-hydrogen) atoms.